The van der Waals surface area contributed by atoms with Crippen LogP contribution < -0.4 is 5.56 Å². The second kappa shape index (κ2) is 6.42. The Labute approximate surface area is 134 Å². The molecule has 2 bridgehead atoms. The molecule has 1 saturated heterocycles. The van der Waals surface area contributed by atoms with Gasteiger partial charge in [-0.3, -0.25) is 14.5 Å². The molecule has 1 aromatic rings. The molecule has 3 heterocycles. The summed E-state index contributed by atoms with van der Waals surface area (Å²) in [5.74, 6) is 0.857. The minimum absolute atomic E-state index is 0.0965. The number of carbonyl (C=O) groups excluding carboxylic acids is 1. The highest BCUT2D eigenvalue weighted by atomic mass is 35.5. The SMILES string of the molecule is CC(=O)OC(CCl)CN1CC2CC(C1)c1cccc(=O)n1C2. The number of nitrogens with zero attached hydrogens (tertiary/aromatic N) is 2. The van der Waals surface area contributed by atoms with Crippen LogP contribution in [0.15, 0.2) is 23.0 Å². The van der Waals surface area contributed by atoms with Crippen molar-refractivity contribution in [1.29, 1.82) is 0 Å². The summed E-state index contributed by atoms with van der Waals surface area (Å²) in [5, 5.41) is 0. The molecule has 2 aliphatic rings. The molecule has 0 aliphatic carbocycles. The van der Waals surface area contributed by atoms with Crippen LogP contribution in [0.5, 0.6) is 0 Å². The van der Waals surface area contributed by atoms with Gasteiger partial charge in [-0.05, 0) is 18.4 Å². The largest absolute Gasteiger partial charge is 0.460 e. The standard InChI is InChI=1S/C16H21ClN2O3/c1-11(20)22-14(6-17)10-18-7-12-5-13(9-18)15-3-2-4-16(21)19(15)8-12/h2-4,12-14H,5-10H2,1H3. The van der Waals surface area contributed by atoms with Crippen LogP contribution in [0.3, 0.4) is 0 Å². The molecule has 5 nitrogen and oxygen atoms in total. The van der Waals surface area contributed by atoms with Crippen LogP contribution >= 0.6 is 11.6 Å². The number of halogens is 1. The highest BCUT2D eigenvalue weighted by Gasteiger charge is 2.35. The van der Waals surface area contributed by atoms with Crippen LogP contribution in [-0.4, -0.2) is 47.1 Å². The van der Waals surface area contributed by atoms with E-state index in [9.17, 15) is 9.59 Å². The molecule has 6 heteroatoms. The third kappa shape index (κ3) is 3.20. The van der Waals surface area contributed by atoms with Gasteiger partial charge in [-0.2, -0.15) is 0 Å². The number of piperidine rings is 1. The Bertz CT molecular complexity index is 616. The molecule has 0 saturated carbocycles. The Balaban J connectivity index is 1.73. The fourth-order valence-corrected chi connectivity index (χ4v) is 3.95. The second-order valence-electron chi connectivity index (χ2n) is 6.30. The molecule has 0 amide bonds. The van der Waals surface area contributed by atoms with Crippen LogP contribution in [-0.2, 0) is 16.1 Å². The first-order chi connectivity index (χ1) is 10.6. The van der Waals surface area contributed by atoms with E-state index in [1.54, 1.807) is 6.07 Å². The topological polar surface area (TPSA) is 51.5 Å². The van der Waals surface area contributed by atoms with Gasteiger partial charge < -0.3 is 9.30 Å². The first-order valence-corrected chi connectivity index (χ1v) is 8.25. The quantitative estimate of drug-likeness (QED) is 0.621. The lowest BCUT2D eigenvalue weighted by Gasteiger charge is -2.43. The van der Waals surface area contributed by atoms with Crippen molar-refractivity contribution in [2.45, 2.75) is 31.9 Å². The molecule has 22 heavy (non-hydrogen) atoms. The van der Waals surface area contributed by atoms with Crippen LogP contribution in [0.25, 0.3) is 0 Å². The second-order valence-corrected chi connectivity index (χ2v) is 6.61. The smallest absolute Gasteiger partial charge is 0.302 e. The normalized spacial score (nSPS) is 25.4. The molecule has 1 aromatic heterocycles. The molecular weight excluding hydrogens is 304 g/mol. The van der Waals surface area contributed by atoms with Gasteiger partial charge in [-0.15, -0.1) is 11.6 Å². The highest BCUT2D eigenvalue weighted by molar-refractivity contribution is 6.18. The van der Waals surface area contributed by atoms with Crippen molar-refractivity contribution in [3.63, 3.8) is 0 Å². The van der Waals surface area contributed by atoms with Crippen molar-refractivity contribution in [3.05, 3.63) is 34.2 Å². The molecule has 0 spiro atoms. The first-order valence-electron chi connectivity index (χ1n) is 7.72. The molecular formula is C16H21ClN2O3. The summed E-state index contributed by atoms with van der Waals surface area (Å²) in [6.45, 7) is 4.65. The summed E-state index contributed by atoms with van der Waals surface area (Å²) < 4.78 is 7.16. The number of aromatic nitrogens is 1. The van der Waals surface area contributed by atoms with Gasteiger partial charge in [-0.25, -0.2) is 0 Å². The predicted molar refractivity (Wildman–Crippen MR) is 84.3 cm³/mol. The van der Waals surface area contributed by atoms with E-state index in [-0.39, 0.29) is 17.6 Å². The molecule has 1 fully saturated rings. The maximum Gasteiger partial charge on any atom is 0.302 e. The zero-order chi connectivity index (χ0) is 15.7. The van der Waals surface area contributed by atoms with Crippen LogP contribution in [0.1, 0.15) is 25.0 Å². The Morgan fingerprint density at radius 1 is 1.41 bits per heavy atom. The van der Waals surface area contributed by atoms with Crippen molar-refractivity contribution in [1.82, 2.24) is 9.47 Å². The molecule has 2 aliphatic heterocycles. The number of rotatable bonds is 4. The van der Waals surface area contributed by atoms with E-state index in [0.717, 1.165) is 31.7 Å². The lowest BCUT2D eigenvalue weighted by Crippen LogP contribution is -2.49. The number of hydrogen-bond acceptors (Lipinski definition) is 4. The number of carbonyl (C=O) groups is 1. The van der Waals surface area contributed by atoms with E-state index in [4.69, 9.17) is 16.3 Å². The number of hydrogen-bond donors (Lipinski definition) is 0. The Kier molecular flexibility index (Phi) is 4.54. The summed E-state index contributed by atoms with van der Waals surface area (Å²) >= 11 is 5.90. The zero-order valence-corrected chi connectivity index (χ0v) is 13.5. The Hall–Kier alpha value is -1.33. The number of pyridine rings is 1. The van der Waals surface area contributed by atoms with Crippen molar-refractivity contribution >= 4 is 17.6 Å². The number of likely N-dealkylation sites (tertiary alicyclic amines) is 1. The number of fused-ring (bicyclic) bond motifs is 4. The molecule has 0 N–H and O–H groups in total. The van der Waals surface area contributed by atoms with Crippen LogP contribution in [0.4, 0.5) is 0 Å². The van der Waals surface area contributed by atoms with E-state index in [1.165, 1.54) is 6.92 Å². The summed E-state index contributed by atoms with van der Waals surface area (Å²) in [5.41, 5.74) is 1.22. The fourth-order valence-electron chi connectivity index (χ4n) is 3.78. The van der Waals surface area contributed by atoms with Crippen LogP contribution in [0.2, 0.25) is 0 Å². The number of ether oxygens (including phenoxy) is 1. The molecule has 3 rings (SSSR count). The Morgan fingerprint density at radius 2 is 2.23 bits per heavy atom. The number of alkyl halides is 1. The monoisotopic (exact) mass is 324 g/mol. The third-order valence-corrected chi connectivity index (χ3v) is 4.87. The van der Waals surface area contributed by atoms with E-state index < -0.39 is 0 Å². The van der Waals surface area contributed by atoms with Crippen LogP contribution in [0, 0.1) is 5.92 Å². The van der Waals surface area contributed by atoms with E-state index >= 15 is 0 Å². The summed E-state index contributed by atoms with van der Waals surface area (Å²) in [7, 11) is 0. The van der Waals surface area contributed by atoms with Gasteiger partial charge in [0, 0.05) is 50.8 Å². The van der Waals surface area contributed by atoms with Gasteiger partial charge in [-0.1, -0.05) is 6.07 Å². The van der Waals surface area contributed by atoms with E-state index in [2.05, 4.69) is 11.0 Å². The summed E-state index contributed by atoms with van der Waals surface area (Å²) in [6.07, 6.45) is 0.856. The third-order valence-electron chi connectivity index (χ3n) is 4.52. The average molecular weight is 325 g/mol. The first kappa shape index (κ1) is 15.6. The van der Waals surface area contributed by atoms with Gasteiger partial charge in [0.15, 0.2) is 0 Å². The van der Waals surface area contributed by atoms with Crippen molar-refractivity contribution in [2.75, 3.05) is 25.5 Å². The average Bonchev–Trinajstić information content (AvgIpc) is 2.47. The fraction of sp³-hybridized carbons (Fsp3) is 0.625. The lowest BCUT2D eigenvalue weighted by molar-refractivity contribution is -0.146. The van der Waals surface area contributed by atoms with Crippen molar-refractivity contribution < 1.29 is 9.53 Å². The minimum Gasteiger partial charge on any atom is -0.460 e. The number of esters is 1. The van der Waals surface area contributed by atoms with Gasteiger partial charge in [0.25, 0.3) is 5.56 Å². The lowest BCUT2D eigenvalue weighted by atomic mass is 9.83. The maximum atomic E-state index is 12.0. The summed E-state index contributed by atoms with van der Waals surface area (Å²) in [6, 6.07) is 5.53. The Morgan fingerprint density at radius 3 is 2.95 bits per heavy atom. The molecule has 3 unspecified atom stereocenters. The minimum atomic E-state index is -0.292. The van der Waals surface area contributed by atoms with Gasteiger partial charge in [0.1, 0.15) is 6.10 Å². The summed E-state index contributed by atoms with van der Waals surface area (Å²) in [4.78, 5) is 25.4. The van der Waals surface area contributed by atoms with E-state index in [1.807, 2.05) is 10.6 Å². The van der Waals surface area contributed by atoms with Crippen molar-refractivity contribution in [3.8, 4) is 0 Å². The van der Waals surface area contributed by atoms with E-state index in [0.29, 0.717) is 24.3 Å². The molecule has 0 aromatic carbocycles. The van der Waals surface area contributed by atoms with Gasteiger partial charge in [0.2, 0.25) is 0 Å². The van der Waals surface area contributed by atoms with Gasteiger partial charge in [0.05, 0.1) is 5.88 Å². The molecule has 120 valence electrons. The molecule has 0 radical (unpaired) electrons. The van der Waals surface area contributed by atoms with Crippen molar-refractivity contribution in [2.24, 2.45) is 5.92 Å². The zero-order valence-electron chi connectivity index (χ0n) is 12.7. The highest BCUT2D eigenvalue weighted by Crippen LogP contribution is 2.34. The van der Waals surface area contributed by atoms with Gasteiger partial charge >= 0.3 is 5.97 Å². The molecule has 3 atom stereocenters. The predicted octanol–water partition coefficient (Wildman–Crippen LogP) is 1.44. The maximum absolute atomic E-state index is 12.0.